The predicted molar refractivity (Wildman–Crippen MR) is 75.9 cm³/mol. The van der Waals surface area contributed by atoms with Gasteiger partial charge in [0, 0.05) is 32.9 Å². The highest BCUT2D eigenvalue weighted by atomic mass is 16.5. The van der Waals surface area contributed by atoms with Gasteiger partial charge in [-0.1, -0.05) is 6.92 Å². The molecule has 1 aromatic rings. The van der Waals surface area contributed by atoms with Gasteiger partial charge >= 0.3 is 0 Å². The van der Waals surface area contributed by atoms with Gasteiger partial charge in [-0.25, -0.2) is 4.98 Å². The zero-order valence-corrected chi connectivity index (χ0v) is 11.8. The van der Waals surface area contributed by atoms with E-state index in [1.807, 2.05) is 19.2 Å². The molecule has 5 heteroatoms. The van der Waals surface area contributed by atoms with Gasteiger partial charge in [-0.2, -0.15) is 0 Å². The molecule has 19 heavy (non-hydrogen) atoms. The van der Waals surface area contributed by atoms with Gasteiger partial charge in [0.25, 0.3) is 0 Å². The maximum atomic E-state index is 5.74. The number of pyridine rings is 1. The average molecular weight is 265 g/mol. The van der Waals surface area contributed by atoms with Crippen molar-refractivity contribution in [2.75, 3.05) is 44.8 Å². The minimum absolute atomic E-state index is 0.208. The predicted octanol–water partition coefficient (Wildman–Crippen LogP) is 1.29. The van der Waals surface area contributed by atoms with Gasteiger partial charge in [-0.15, -0.1) is 0 Å². The number of likely N-dealkylation sites (N-methyl/N-ethyl adjacent to an activating group) is 1. The average Bonchev–Trinajstić information content (AvgIpc) is 2.46. The molecule has 1 unspecified atom stereocenters. The first-order chi connectivity index (χ1) is 9.31. The fourth-order valence-electron chi connectivity index (χ4n) is 2.12. The monoisotopic (exact) mass is 265 g/mol. The standard InChI is InChI=1S/C14H23N3O2/c1-3-8-19-13-5-4-6-16-14(13)17(2)11-12-10-15-7-9-18-12/h4-6,12,15H,3,7-11H2,1-2H3. The van der Waals surface area contributed by atoms with Crippen LogP contribution in [0.3, 0.4) is 0 Å². The summed E-state index contributed by atoms with van der Waals surface area (Å²) in [5.41, 5.74) is 0. The number of hydrogen-bond acceptors (Lipinski definition) is 5. The molecule has 0 radical (unpaired) electrons. The van der Waals surface area contributed by atoms with Gasteiger partial charge in [-0.3, -0.25) is 0 Å². The molecule has 0 spiro atoms. The summed E-state index contributed by atoms with van der Waals surface area (Å²) in [7, 11) is 2.03. The van der Waals surface area contributed by atoms with Crippen LogP contribution in [0, 0.1) is 0 Å². The second kappa shape index (κ2) is 7.31. The van der Waals surface area contributed by atoms with Crippen LogP contribution in [0.15, 0.2) is 18.3 Å². The van der Waals surface area contributed by atoms with Gasteiger partial charge in [-0.05, 0) is 18.6 Å². The van der Waals surface area contributed by atoms with E-state index >= 15 is 0 Å². The smallest absolute Gasteiger partial charge is 0.171 e. The molecule has 106 valence electrons. The Labute approximate surface area is 114 Å². The molecular formula is C14H23N3O2. The lowest BCUT2D eigenvalue weighted by atomic mass is 10.3. The van der Waals surface area contributed by atoms with Crippen molar-refractivity contribution in [1.29, 1.82) is 0 Å². The number of anilines is 1. The Hall–Kier alpha value is -1.33. The van der Waals surface area contributed by atoms with E-state index < -0.39 is 0 Å². The molecule has 1 atom stereocenters. The molecule has 1 fully saturated rings. The summed E-state index contributed by atoms with van der Waals surface area (Å²) in [6.07, 6.45) is 3.00. The van der Waals surface area contributed by atoms with Crippen molar-refractivity contribution in [2.45, 2.75) is 19.4 Å². The molecule has 1 aliphatic rings. The summed E-state index contributed by atoms with van der Waals surface area (Å²) in [5.74, 6) is 1.72. The summed E-state index contributed by atoms with van der Waals surface area (Å²) in [6.45, 7) is 6.23. The lowest BCUT2D eigenvalue weighted by Crippen LogP contribution is -2.44. The van der Waals surface area contributed by atoms with E-state index in [0.717, 1.165) is 44.2 Å². The van der Waals surface area contributed by atoms with Gasteiger partial charge in [0.2, 0.25) is 0 Å². The maximum absolute atomic E-state index is 5.74. The minimum Gasteiger partial charge on any atom is -0.490 e. The third-order valence-corrected chi connectivity index (χ3v) is 3.06. The highest BCUT2D eigenvalue weighted by Gasteiger charge is 2.18. The summed E-state index contributed by atoms with van der Waals surface area (Å²) in [4.78, 5) is 6.52. The van der Waals surface area contributed by atoms with Crippen molar-refractivity contribution >= 4 is 5.82 Å². The lowest BCUT2D eigenvalue weighted by Gasteiger charge is -2.29. The number of hydrogen-bond donors (Lipinski definition) is 1. The quantitative estimate of drug-likeness (QED) is 0.840. The van der Waals surface area contributed by atoms with Crippen LogP contribution in [0.25, 0.3) is 0 Å². The number of rotatable bonds is 6. The van der Waals surface area contributed by atoms with Gasteiger partial charge < -0.3 is 19.7 Å². The van der Waals surface area contributed by atoms with Crippen molar-refractivity contribution in [3.8, 4) is 5.75 Å². The lowest BCUT2D eigenvalue weighted by molar-refractivity contribution is 0.0339. The number of aromatic nitrogens is 1. The molecular weight excluding hydrogens is 242 g/mol. The zero-order valence-electron chi connectivity index (χ0n) is 11.8. The van der Waals surface area contributed by atoms with Gasteiger partial charge in [0.15, 0.2) is 11.6 Å². The molecule has 1 N–H and O–H groups in total. The van der Waals surface area contributed by atoms with E-state index in [2.05, 4.69) is 22.1 Å². The maximum Gasteiger partial charge on any atom is 0.171 e. The molecule has 1 saturated heterocycles. The summed E-state index contributed by atoms with van der Waals surface area (Å²) in [5, 5.41) is 3.34. The molecule has 0 amide bonds. The molecule has 0 aliphatic carbocycles. The SMILES string of the molecule is CCCOc1cccnc1N(C)CC1CNCCO1. The fourth-order valence-corrected chi connectivity index (χ4v) is 2.12. The van der Waals surface area contributed by atoms with E-state index in [4.69, 9.17) is 9.47 Å². The Morgan fingerprint density at radius 2 is 2.47 bits per heavy atom. The second-order valence-electron chi connectivity index (χ2n) is 4.75. The molecule has 2 rings (SSSR count). The number of ether oxygens (including phenoxy) is 2. The molecule has 0 saturated carbocycles. The molecule has 1 aliphatic heterocycles. The minimum atomic E-state index is 0.208. The number of morpholine rings is 1. The molecule has 0 aromatic carbocycles. The summed E-state index contributed by atoms with van der Waals surface area (Å²) >= 11 is 0. The Balaban J connectivity index is 1.98. The zero-order chi connectivity index (χ0) is 13.5. The summed E-state index contributed by atoms with van der Waals surface area (Å²) < 4.78 is 11.5. The van der Waals surface area contributed by atoms with E-state index in [1.54, 1.807) is 6.20 Å². The molecule has 2 heterocycles. The third-order valence-electron chi connectivity index (χ3n) is 3.06. The third kappa shape index (κ3) is 4.08. The van der Waals surface area contributed by atoms with Gasteiger partial charge in [0.1, 0.15) is 0 Å². The van der Waals surface area contributed by atoms with Crippen LogP contribution in [0.5, 0.6) is 5.75 Å². The van der Waals surface area contributed by atoms with Crippen LogP contribution in [0.1, 0.15) is 13.3 Å². The van der Waals surface area contributed by atoms with Crippen LogP contribution >= 0.6 is 0 Å². The van der Waals surface area contributed by atoms with Crippen molar-refractivity contribution < 1.29 is 9.47 Å². The van der Waals surface area contributed by atoms with E-state index in [-0.39, 0.29) is 6.10 Å². The van der Waals surface area contributed by atoms with Crippen LogP contribution < -0.4 is 15.0 Å². The first kappa shape index (κ1) is 14.1. The number of nitrogens with zero attached hydrogens (tertiary/aromatic N) is 2. The Bertz CT molecular complexity index is 381. The Morgan fingerprint density at radius 3 is 3.21 bits per heavy atom. The Kier molecular flexibility index (Phi) is 5.42. The van der Waals surface area contributed by atoms with Crippen LogP contribution in [-0.2, 0) is 4.74 Å². The highest BCUT2D eigenvalue weighted by molar-refractivity contribution is 5.51. The first-order valence-electron chi connectivity index (χ1n) is 6.92. The fraction of sp³-hybridized carbons (Fsp3) is 0.643. The van der Waals surface area contributed by atoms with Gasteiger partial charge in [0.05, 0.1) is 19.3 Å². The Morgan fingerprint density at radius 1 is 1.58 bits per heavy atom. The van der Waals surface area contributed by atoms with Crippen molar-refractivity contribution in [1.82, 2.24) is 10.3 Å². The molecule has 5 nitrogen and oxygen atoms in total. The largest absolute Gasteiger partial charge is 0.490 e. The highest BCUT2D eigenvalue weighted by Crippen LogP contribution is 2.24. The topological polar surface area (TPSA) is 46.6 Å². The van der Waals surface area contributed by atoms with E-state index in [0.29, 0.717) is 6.61 Å². The van der Waals surface area contributed by atoms with Crippen LogP contribution in [-0.4, -0.2) is 51.0 Å². The van der Waals surface area contributed by atoms with Crippen LogP contribution in [0.4, 0.5) is 5.82 Å². The van der Waals surface area contributed by atoms with Crippen molar-refractivity contribution in [2.24, 2.45) is 0 Å². The van der Waals surface area contributed by atoms with Crippen LogP contribution in [0.2, 0.25) is 0 Å². The molecule has 1 aromatic heterocycles. The van der Waals surface area contributed by atoms with Crippen molar-refractivity contribution in [3.05, 3.63) is 18.3 Å². The van der Waals surface area contributed by atoms with E-state index in [9.17, 15) is 0 Å². The number of nitrogens with one attached hydrogen (secondary N) is 1. The second-order valence-corrected chi connectivity index (χ2v) is 4.75. The summed E-state index contributed by atoms with van der Waals surface area (Å²) in [6, 6.07) is 3.87. The molecule has 0 bridgehead atoms. The first-order valence-corrected chi connectivity index (χ1v) is 6.92. The van der Waals surface area contributed by atoms with Crippen molar-refractivity contribution in [3.63, 3.8) is 0 Å². The normalized spacial score (nSPS) is 19.2. The van der Waals surface area contributed by atoms with E-state index in [1.165, 1.54) is 0 Å².